The van der Waals surface area contributed by atoms with Crippen molar-refractivity contribution in [3.63, 3.8) is 0 Å². The third-order valence-corrected chi connectivity index (χ3v) is 5.76. The molecule has 27 heavy (non-hydrogen) atoms. The zero-order valence-electron chi connectivity index (χ0n) is 15.7. The highest BCUT2D eigenvalue weighted by atomic mass is 32.2. The standard InChI is InChI=1S/C19H25N5O2S/c1-3-24-18(14-7-4-6-13(2)10-14)21-22-19(24)27-12-16(25)23-9-5-8-15(11-23)17(20)26/h4,6-7,10,15H,3,5,8-9,11-12H2,1-2H3,(H2,20,26). The molecule has 2 N–H and O–H groups in total. The van der Waals surface area contributed by atoms with Gasteiger partial charge in [-0.05, 0) is 32.8 Å². The van der Waals surface area contributed by atoms with E-state index >= 15 is 0 Å². The second-order valence-electron chi connectivity index (χ2n) is 6.79. The van der Waals surface area contributed by atoms with Crippen LogP contribution in [0.3, 0.4) is 0 Å². The van der Waals surface area contributed by atoms with E-state index in [0.717, 1.165) is 41.5 Å². The van der Waals surface area contributed by atoms with Gasteiger partial charge in [0.1, 0.15) is 0 Å². The number of nitrogens with zero attached hydrogens (tertiary/aromatic N) is 4. The molecule has 0 aliphatic carbocycles. The molecule has 2 amide bonds. The fraction of sp³-hybridized carbons (Fsp3) is 0.474. The highest BCUT2D eigenvalue weighted by Gasteiger charge is 2.27. The molecule has 8 heteroatoms. The molecule has 1 aliphatic heterocycles. The number of nitrogens with two attached hydrogens (primary N) is 1. The van der Waals surface area contributed by atoms with Crippen LogP contribution in [0.15, 0.2) is 29.4 Å². The number of carbonyl (C=O) groups is 2. The number of likely N-dealkylation sites (tertiary alicyclic amines) is 1. The number of primary amides is 1. The van der Waals surface area contributed by atoms with Crippen molar-refractivity contribution in [1.29, 1.82) is 0 Å². The molecule has 1 aromatic carbocycles. The molecule has 1 unspecified atom stereocenters. The van der Waals surface area contributed by atoms with Crippen molar-refractivity contribution < 1.29 is 9.59 Å². The van der Waals surface area contributed by atoms with Gasteiger partial charge in [-0.25, -0.2) is 0 Å². The fourth-order valence-electron chi connectivity index (χ4n) is 3.33. The lowest BCUT2D eigenvalue weighted by molar-refractivity contribution is -0.132. The van der Waals surface area contributed by atoms with Crippen LogP contribution >= 0.6 is 11.8 Å². The Bertz CT molecular complexity index is 835. The zero-order valence-corrected chi connectivity index (χ0v) is 16.5. The van der Waals surface area contributed by atoms with Gasteiger partial charge in [-0.2, -0.15) is 0 Å². The van der Waals surface area contributed by atoms with Crippen LogP contribution < -0.4 is 5.73 Å². The zero-order chi connectivity index (χ0) is 19.4. The molecule has 0 bridgehead atoms. The van der Waals surface area contributed by atoms with Gasteiger partial charge in [0.25, 0.3) is 0 Å². The van der Waals surface area contributed by atoms with Crippen molar-refractivity contribution >= 4 is 23.6 Å². The number of rotatable bonds is 6. The Labute approximate surface area is 163 Å². The van der Waals surface area contributed by atoms with Crippen LogP contribution in [0.4, 0.5) is 0 Å². The molecule has 1 aromatic heterocycles. The summed E-state index contributed by atoms with van der Waals surface area (Å²) in [6, 6.07) is 8.14. The molecule has 1 atom stereocenters. The van der Waals surface area contributed by atoms with Gasteiger partial charge in [0.15, 0.2) is 11.0 Å². The maximum Gasteiger partial charge on any atom is 0.233 e. The van der Waals surface area contributed by atoms with Gasteiger partial charge in [-0.15, -0.1) is 10.2 Å². The average molecular weight is 388 g/mol. The first-order valence-electron chi connectivity index (χ1n) is 9.19. The second kappa shape index (κ2) is 8.56. The Kier molecular flexibility index (Phi) is 6.15. The second-order valence-corrected chi connectivity index (χ2v) is 7.73. The van der Waals surface area contributed by atoms with E-state index in [-0.39, 0.29) is 23.5 Å². The van der Waals surface area contributed by atoms with Crippen molar-refractivity contribution in [2.24, 2.45) is 11.7 Å². The van der Waals surface area contributed by atoms with E-state index in [1.54, 1.807) is 4.90 Å². The van der Waals surface area contributed by atoms with Gasteiger partial charge in [-0.1, -0.05) is 35.5 Å². The predicted octanol–water partition coefficient (Wildman–Crippen LogP) is 2.09. The molecule has 0 saturated carbocycles. The highest BCUT2D eigenvalue weighted by molar-refractivity contribution is 7.99. The van der Waals surface area contributed by atoms with Crippen molar-refractivity contribution in [3.8, 4) is 11.4 Å². The first-order chi connectivity index (χ1) is 13.0. The molecule has 3 rings (SSSR count). The maximum absolute atomic E-state index is 12.6. The number of hydrogen-bond donors (Lipinski definition) is 1. The lowest BCUT2D eigenvalue weighted by atomic mass is 9.97. The summed E-state index contributed by atoms with van der Waals surface area (Å²) in [5, 5.41) is 9.34. The minimum atomic E-state index is -0.325. The molecular weight excluding hydrogens is 362 g/mol. The lowest BCUT2D eigenvalue weighted by Crippen LogP contribution is -2.44. The molecule has 1 aliphatic rings. The van der Waals surface area contributed by atoms with Crippen molar-refractivity contribution in [2.75, 3.05) is 18.8 Å². The average Bonchev–Trinajstić information content (AvgIpc) is 3.09. The number of benzene rings is 1. The number of aromatic nitrogens is 3. The first-order valence-corrected chi connectivity index (χ1v) is 10.2. The van der Waals surface area contributed by atoms with Crippen LogP contribution in [0, 0.1) is 12.8 Å². The van der Waals surface area contributed by atoms with E-state index in [2.05, 4.69) is 16.3 Å². The summed E-state index contributed by atoms with van der Waals surface area (Å²) in [4.78, 5) is 25.7. The van der Waals surface area contributed by atoms with Crippen molar-refractivity contribution in [3.05, 3.63) is 29.8 Å². The Balaban J connectivity index is 1.68. The number of carbonyl (C=O) groups excluding carboxylic acids is 2. The minimum absolute atomic E-state index is 0.00806. The maximum atomic E-state index is 12.6. The van der Waals surface area contributed by atoms with Gasteiger partial charge in [0.2, 0.25) is 11.8 Å². The Morgan fingerprint density at radius 2 is 2.15 bits per heavy atom. The van der Waals surface area contributed by atoms with E-state index in [9.17, 15) is 9.59 Å². The Hall–Kier alpha value is -2.35. The summed E-state index contributed by atoms with van der Waals surface area (Å²) in [6.07, 6.45) is 1.57. The number of hydrogen-bond acceptors (Lipinski definition) is 5. The largest absolute Gasteiger partial charge is 0.369 e. The summed E-state index contributed by atoms with van der Waals surface area (Å²) in [5.41, 5.74) is 7.58. The topological polar surface area (TPSA) is 94.1 Å². The number of aryl methyl sites for hydroxylation is 1. The number of thioether (sulfide) groups is 1. The minimum Gasteiger partial charge on any atom is -0.369 e. The number of amides is 2. The van der Waals surface area contributed by atoms with E-state index in [4.69, 9.17) is 5.73 Å². The van der Waals surface area contributed by atoms with Crippen molar-refractivity contribution in [1.82, 2.24) is 19.7 Å². The summed E-state index contributed by atoms with van der Waals surface area (Å²) < 4.78 is 2.02. The quantitative estimate of drug-likeness (QED) is 0.766. The summed E-state index contributed by atoms with van der Waals surface area (Å²) >= 11 is 1.38. The van der Waals surface area contributed by atoms with Gasteiger partial charge in [0.05, 0.1) is 11.7 Å². The van der Waals surface area contributed by atoms with Gasteiger partial charge in [-0.3, -0.25) is 9.59 Å². The first kappa shape index (κ1) is 19.4. The third kappa shape index (κ3) is 4.50. The van der Waals surface area contributed by atoms with Crippen LogP contribution in [-0.4, -0.2) is 50.3 Å². The van der Waals surface area contributed by atoms with E-state index < -0.39 is 0 Å². The molecule has 0 radical (unpaired) electrons. The highest BCUT2D eigenvalue weighted by Crippen LogP contribution is 2.25. The number of piperidine rings is 1. The monoisotopic (exact) mass is 387 g/mol. The Morgan fingerprint density at radius 3 is 2.85 bits per heavy atom. The fourth-order valence-corrected chi connectivity index (χ4v) is 4.24. The molecular formula is C19H25N5O2S. The van der Waals surface area contributed by atoms with E-state index in [1.165, 1.54) is 11.8 Å². The summed E-state index contributed by atoms with van der Waals surface area (Å²) in [7, 11) is 0. The van der Waals surface area contributed by atoms with Gasteiger partial charge < -0.3 is 15.2 Å². The van der Waals surface area contributed by atoms with E-state index in [0.29, 0.717) is 13.1 Å². The van der Waals surface area contributed by atoms with Gasteiger partial charge in [0, 0.05) is 25.2 Å². The molecule has 1 fully saturated rings. The summed E-state index contributed by atoms with van der Waals surface area (Å²) in [6.45, 7) is 5.90. The van der Waals surface area contributed by atoms with Crippen LogP contribution in [0.1, 0.15) is 25.3 Å². The van der Waals surface area contributed by atoms with E-state index in [1.807, 2.05) is 36.6 Å². The van der Waals surface area contributed by atoms with Crippen LogP contribution in [0.25, 0.3) is 11.4 Å². The van der Waals surface area contributed by atoms with Crippen molar-refractivity contribution in [2.45, 2.75) is 38.4 Å². The van der Waals surface area contributed by atoms with Gasteiger partial charge >= 0.3 is 0 Å². The Morgan fingerprint density at radius 1 is 1.33 bits per heavy atom. The predicted molar refractivity (Wildman–Crippen MR) is 105 cm³/mol. The molecule has 2 heterocycles. The van der Waals surface area contributed by atoms with Crippen LogP contribution in [0.2, 0.25) is 0 Å². The molecule has 7 nitrogen and oxygen atoms in total. The third-order valence-electron chi connectivity index (χ3n) is 4.81. The molecule has 0 spiro atoms. The summed E-state index contributed by atoms with van der Waals surface area (Å²) in [5.74, 6) is 0.530. The SMILES string of the molecule is CCn1c(SCC(=O)N2CCCC(C(N)=O)C2)nnc1-c1cccc(C)c1. The van der Waals surface area contributed by atoms with Crippen LogP contribution in [-0.2, 0) is 16.1 Å². The normalized spacial score (nSPS) is 17.1. The smallest absolute Gasteiger partial charge is 0.233 e. The molecule has 1 saturated heterocycles. The molecule has 144 valence electrons. The molecule has 2 aromatic rings. The lowest BCUT2D eigenvalue weighted by Gasteiger charge is -2.31. The van der Waals surface area contributed by atoms with Crippen LogP contribution in [0.5, 0.6) is 0 Å².